The van der Waals surface area contributed by atoms with Crippen molar-refractivity contribution in [1.82, 2.24) is 10.2 Å². The largest absolute Gasteiger partial charge is 0.478 e. The Bertz CT molecular complexity index is 575. The average molecular weight is 332 g/mol. The summed E-state index contributed by atoms with van der Waals surface area (Å²) in [5.41, 5.74) is 1.32. The van der Waals surface area contributed by atoms with Crippen molar-refractivity contribution in [2.75, 3.05) is 19.6 Å². The molecule has 0 aromatic heterocycles. The van der Waals surface area contributed by atoms with Gasteiger partial charge in [-0.1, -0.05) is 12.1 Å². The van der Waals surface area contributed by atoms with Crippen molar-refractivity contribution in [3.63, 3.8) is 0 Å². The smallest absolute Gasteiger partial charge is 0.335 e. The summed E-state index contributed by atoms with van der Waals surface area (Å²) in [6, 6.07) is 7.19. The van der Waals surface area contributed by atoms with E-state index in [1.807, 2.05) is 32.9 Å². The van der Waals surface area contributed by atoms with Gasteiger partial charge in [0.1, 0.15) is 0 Å². The first-order valence-corrected chi connectivity index (χ1v) is 8.61. The highest BCUT2D eigenvalue weighted by Crippen LogP contribution is 2.27. The Balaban J connectivity index is 1.87. The molecule has 0 bridgehead atoms. The molecule has 1 aliphatic rings. The molecule has 2 rings (SSSR count). The lowest BCUT2D eigenvalue weighted by atomic mass is 9.90. The number of amides is 1. The predicted molar refractivity (Wildman–Crippen MR) is 94.3 cm³/mol. The summed E-state index contributed by atoms with van der Waals surface area (Å²) in [5, 5.41) is 12.0. The van der Waals surface area contributed by atoms with Gasteiger partial charge in [0.15, 0.2) is 0 Å². The van der Waals surface area contributed by atoms with Gasteiger partial charge < -0.3 is 15.3 Å². The van der Waals surface area contributed by atoms with Gasteiger partial charge in [-0.05, 0) is 63.8 Å². The SMILES string of the molecule is CC(C)(C)NC(=O)CCN1CCCC(c2ccc(C(=O)O)cc2)C1. The highest BCUT2D eigenvalue weighted by Gasteiger charge is 2.22. The third kappa shape index (κ3) is 5.64. The molecule has 24 heavy (non-hydrogen) atoms. The Labute approximate surface area is 144 Å². The molecule has 1 heterocycles. The van der Waals surface area contributed by atoms with Crippen molar-refractivity contribution in [2.45, 2.75) is 51.5 Å². The summed E-state index contributed by atoms with van der Waals surface area (Å²) in [4.78, 5) is 25.2. The number of hydrogen-bond donors (Lipinski definition) is 2. The Morgan fingerprint density at radius 2 is 1.92 bits per heavy atom. The molecule has 1 atom stereocenters. The van der Waals surface area contributed by atoms with Crippen LogP contribution in [0.3, 0.4) is 0 Å². The average Bonchev–Trinajstić information content (AvgIpc) is 2.52. The third-order valence-electron chi connectivity index (χ3n) is 4.30. The number of likely N-dealkylation sites (tertiary alicyclic amines) is 1. The van der Waals surface area contributed by atoms with Gasteiger partial charge in [-0.25, -0.2) is 4.79 Å². The summed E-state index contributed by atoms with van der Waals surface area (Å²) in [6.07, 6.45) is 2.73. The van der Waals surface area contributed by atoms with E-state index in [0.29, 0.717) is 17.9 Å². The molecule has 1 saturated heterocycles. The van der Waals surface area contributed by atoms with E-state index in [9.17, 15) is 9.59 Å². The van der Waals surface area contributed by atoms with E-state index in [0.717, 1.165) is 32.5 Å². The topological polar surface area (TPSA) is 69.6 Å². The van der Waals surface area contributed by atoms with E-state index in [-0.39, 0.29) is 11.4 Å². The van der Waals surface area contributed by atoms with Gasteiger partial charge in [0.25, 0.3) is 0 Å². The van der Waals surface area contributed by atoms with Gasteiger partial charge >= 0.3 is 5.97 Å². The van der Waals surface area contributed by atoms with E-state index in [1.54, 1.807) is 12.1 Å². The molecule has 1 unspecified atom stereocenters. The van der Waals surface area contributed by atoms with Gasteiger partial charge in [-0.2, -0.15) is 0 Å². The number of nitrogens with zero attached hydrogens (tertiary/aromatic N) is 1. The summed E-state index contributed by atoms with van der Waals surface area (Å²) in [6.45, 7) is 8.68. The summed E-state index contributed by atoms with van der Waals surface area (Å²) >= 11 is 0. The zero-order valence-corrected chi connectivity index (χ0v) is 14.8. The third-order valence-corrected chi connectivity index (χ3v) is 4.30. The van der Waals surface area contributed by atoms with Crippen molar-refractivity contribution in [3.05, 3.63) is 35.4 Å². The first kappa shape index (κ1) is 18.5. The monoisotopic (exact) mass is 332 g/mol. The Hall–Kier alpha value is -1.88. The fourth-order valence-corrected chi connectivity index (χ4v) is 3.17. The normalized spacial score (nSPS) is 19.0. The second kappa shape index (κ2) is 7.79. The molecule has 0 saturated carbocycles. The molecule has 132 valence electrons. The van der Waals surface area contributed by atoms with Crippen LogP contribution in [0, 0.1) is 0 Å². The van der Waals surface area contributed by atoms with Crippen LogP contribution >= 0.6 is 0 Å². The second-order valence-electron chi connectivity index (χ2n) is 7.62. The number of carbonyl (C=O) groups excluding carboxylic acids is 1. The number of carboxylic acid groups (broad SMARTS) is 1. The molecular formula is C19H28N2O3. The zero-order valence-electron chi connectivity index (χ0n) is 14.8. The van der Waals surface area contributed by atoms with Crippen molar-refractivity contribution in [2.24, 2.45) is 0 Å². The van der Waals surface area contributed by atoms with Crippen LogP contribution in [0.4, 0.5) is 0 Å². The maximum Gasteiger partial charge on any atom is 0.335 e. The molecule has 1 fully saturated rings. The maximum atomic E-state index is 12.0. The quantitative estimate of drug-likeness (QED) is 0.870. The van der Waals surface area contributed by atoms with Crippen LogP contribution in [0.5, 0.6) is 0 Å². The van der Waals surface area contributed by atoms with Crippen LogP contribution in [0.2, 0.25) is 0 Å². The van der Waals surface area contributed by atoms with E-state index >= 15 is 0 Å². The number of carboxylic acids is 1. The summed E-state index contributed by atoms with van der Waals surface area (Å²) in [5.74, 6) is -0.389. The molecule has 1 aromatic carbocycles. The molecule has 0 aliphatic carbocycles. The molecule has 0 spiro atoms. The first-order chi connectivity index (χ1) is 11.2. The Kier molecular flexibility index (Phi) is 5.99. The van der Waals surface area contributed by atoms with Crippen molar-refractivity contribution in [1.29, 1.82) is 0 Å². The summed E-state index contributed by atoms with van der Waals surface area (Å²) < 4.78 is 0. The number of nitrogens with one attached hydrogen (secondary N) is 1. The van der Waals surface area contributed by atoms with Gasteiger partial charge in [-0.3, -0.25) is 4.79 Å². The lowest BCUT2D eigenvalue weighted by molar-refractivity contribution is -0.122. The Morgan fingerprint density at radius 3 is 2.50 bits per heavy atom. The predicted octanol–water partition coefficient (Wildman–Crippen LogP) is 2.87. The second-order valence-corrected chi connectivity index (χ2v) is 7.62. The minimum absolute atomic E-state index is 0.0930. The molecule has 1 aromatic rings. The number of piperidine rings is 1. The number of carbonyl (C=O) groups is 2. The van der Waals surface area contributed by atoms with Gasteiger partial charge in [0.2, 0.25) is 5.91 Å². The highest BCUT2D eigenvalue weighted by atomic mass is 16.4. The highest BCUT2D eigenvalue weighted by molar-refractivity contribution is 5.87. The standard InChI is InChI=1S/C19H28N2O3/c1-19(2,3)20-17(22)10-12-21-11-4-5-16(13-21)14-6-8-15(9-7-14)18(23)24/h6-9,16H,4-5,10-13H2,1-3H3,(H,20,22)(H,23,24). The number of rotatable bonds is 5. The number of benzene rings is 1. The van der Waals surface area contributed by atoms with Crippen LogP contribution in [0.1, 0.15) is 61.9 Å². The molecule has 0 radical (unpaired) electrons. The van der Waals surface area contributed by atoms with Gasteiger partial charge in [-0.15, -0.1) is 0 Å². The van der Waals surface area contributed by atoms with Crippen molar-refractivity contribution < 1.29 is 14.7 Å². The molecular weight excluding hydrogens is 304 g/mol. The first-order valence-electron chi connectivity index (χ1n) is 8.61. The lowest BCUT2D eigenvalue weighted by Gasteiger charge is -2.33. The van der Waals surface area contributed by atoms with Crippen LogP contribution < -0.4 is 5.32 Å². The van der Waals surface area contributed by atoms with Crippen LogP contribution in [-0.2, 0) is 4.79 Å². The minimum atomic E-state index is -0.892. The van der Waals surface area contributed by atoms with E-state index in [2.05, 4.69) is 10.2 Å². The lowest BCUT2D eigenvalue weighted by Crippen LogP contribution is -2.43. The van der Waals surface area contributed by atoms with Crippen molar-refractivity contribution in [3.8, 4) is 0 Å². The molecule has 5 heteroatoms. The summed E-state index contributed by atoms with van der Waals surface area (Å²) in [7, 11) is 0. The van der Waals surface area contributed by atoms with Crippen molar-refractivity contribution >= 4 is 11.9 Å². The minimum Gasteiger partial charge on any atom is -0.478 e. The molecule has 5 nitrogen and oxygen atoms in total. The fraction of sp³-hybridized carbons (Fsp3) is 0.579. The molecule has 2 N–H and O–H groups in total. The number of hydrogen-bond acceptors (Lipinski definition) is 3. The molecule has 1 amide bonds. The van der Waals surface area contributed by atoms with Crippen LogP contribution in [0.15, 0.2) is 24.3 Å². The van der Waals surface area contributed by atoms with E-state index in [1.165, 1.54) is 5.56 Å². The van der Waals surface area contributed by atoms with Gasteiger partial charge in [0.05, 0.1) is 5.56 Å². The molecule has 1 aliphatic heterocycles. The fourth-order valence-electron chi connectivity index (χ4n) is 3.17. The van der Waals surface area contributed by atoms with E-state index < -0.39 is 5.97 Å². The van der Waals surface area contributed by atoms with Crippen LogP contribution in [-0.4, -0.2) is 47.1 Å². The number of aromatic carboxylic acids is 1. The van der Waals surface area contributed by atoms with E-state index in [4.69, 9.17) is 5.11 Å². The zero-order chi connectivity index (χ0) is 17.7. The van der Waals surface area contributed by atoms with Gasteiger partial charge in [0, 0.05) is 25.0 Å². The maximum absolute atomic E-state index is 12.0. The van der Waals surface area contributed by atoms with Crippen LogP contribution in [0.25, 0.3) is 0 Å². The Morgan fingerprint density at radius 1 is 1.25 bits per heavy atom.